The Hall–Kier alpha value is -2.50. The van der Waals surface area contributed by atoms with Gasteiger partial charge in [-0.1, -0.05) is 6.92 Å². The minimum atomic E-state index is -0.390. The van der Waals surface area contributed by atoms with Gasteiger partial charge in [0.1, 0.15) is 23.6 Å². The molecular weight excluding hydrogens is 310 g/mol. The predicted octanol–water partition coefficient (Wildman–Crippen LogP) is 3.60. The lowest BCUT2D eigenvalue weighted by atomic mass is 9.92. The Morgan fingerprint density at radius 2 is 2.08 bits per heavy atom. The summed E-state index contributed by atoms with van der Waals surface area (Å²) in [5.41, 5.74) is 6.01. The first-order valence-corrected chi connectivity index (χ1v) is 8.15. The number of halogens is 2. The molecule has 124 valence electrons. The van der Waals surface area contributed by atoms with E-state index in [1.54, 1.807) is 12.3 Å². The second-order valence-electron chi connectivity index (χ2n) is 6.14. The highest BCUT2D eigenvalue weighted by Crippen LogP contribution is 2.38. The third-order valence-corrected chi connectivity index (χ3v) is 4.83. The summed E-state index contributed by atoms with van der Waals surface area (Å²) in [5, 5.41) is 4.24. The maximum atomic E-state index is 15.2. The van der Waals surface area contributed by atoms with Crippen LogP contribution in [-0.4, -0.2) is 17.0 Å². The molecule has 3 heterocycles. The molecule has 0 spiro atoms. The average molecular weight is 328 g/mol. The molecule has 0 radical (unpaired) electrons. The van der Waals surface area contributed by atoms with Crippen molar-refractivity contribution < 1.29 is 8.78 Å². The molecule has 2 aliphatic heterocycles. The van der Waals surface area contributed by atoms with Gasteiger partial charge in [-0.25, -0.2) is 8.78 Å². The summed E-state index contributed by atoms with van der Waals surface area (Å²) in [7, 11) is 0. The lowest BCUT2D eigenvalue weighted by Gasteiger charge is -2.33. The molecule has 1 atom stereocenters. The number of rotatable bonds is 2. The number of anilines is 1. The van der Waals surface area contributed by atoms with Crippen molar-refractivity contribution in [2.24, 2.45) is 5.10 Å². The Morgan fingerprint density at radius 1 is 1.25 bits per heavy atom. The largest absolute Gasteiger partial charge is 0.306 e. The summed E-state index contributed by atoms with van der Waals surface area (Å²) < 4.78 is 29.3. The number of hydrogen-bond donors (Lipinski definition) is 1. The quantitative estimate of drug-likeness (QED) is 0.916. The second-order valence-corrected chi connectivity index (χ2v) is 6.14. The third-order valence-electron chi connectivity index (χ3n) is 4.83. The number of nitrogens with one attached hydrogen (secondary N) is 1. The van der Waals surface area contributed by atoms with Crippen molar-refractivity contribution >= 4 is 11.5 Å². The van der Waals surface area contributed by atoms with Gasteiger partial charge in [-0.3, -0.25) is 10.4 Å². The van der Waals surface area contributed by atoms with Gasteiger partial charge in [0.2, 0.25) is 0 Å². The molecule has 6 heteroatoms. The summed E-state index contributed by atoms with van der Waals surface area (Å²) in [6.07, 6.45) is 4.70. The van der Waals surface area contributed by atoms with E-state index in [4.69, 9.17) is 0 Å². The van der Waals surface area contributed by atoms with E-state index in [0.29, 0.717) is 35.1 Å². The molecule has 0 bridgehead atoms. The number of pyridine rings is 1. The molecule has 1 unspecified atom stereocenters. The SMILES string of the molecule is CCc1c(F)cncc1-c1ccc2c(c1F)CCC1NN=C(C)N21. The van der Waals surface area contributed by atoms with Gasteiger partial charge < -0.3 is 4.90 Å². The average Bonchev–Trinajstić information content (AvgIpc) is 2.97. The van der Waals surface area contributed by atoms with Crippen LogP contribution in [-0.2, 0) is 12.8 Å². The molecule has 0 fully saturated rings. The molecular formula is C18H18F2N4. The van der Waals surface area contributed by atoms with Crippen LogP contribution >= 0.6 is 0 Å². The number of aromatic nitrogens is 1. The Morgan fingerprint density at radius 3 is 2.88 bits per heavy atom. The molecule has 24 heavy (non-hydrogen) atoms. The Balaban J connectivity index is 1.87. The van der Waals surface area contributed by atoms with E-state index in [1.165, 1.54) is 6.20 Å². The van der Waals surface area contributed by atoms with Gasteiger partial charge in [0.05, 0.1) is 11.9 Å². The van der Waals surface area contributed by atoms with E-state index in [9.17, 15) is 4.39 Å². The fourth-order valence-electron chi connectivity index (χ4n) is 3.66. The van der Waals surface area contributed by atoms with Gasteiger partial charge >= 0.3 is 0 Å². The van der Waals surface area contributed by atoms with Crippen LogP contribution in [0, 0.1) is 11.6 Å². The van der Waals surface area contributed by atoms with Crippen LogP contribution in [0.3, 0.4) is 0 Å². The van der Waals surface area contributed by atoms with Crippen LogP contribution in [0.25, 0.3) is 11.1 Å². The molecule has 4 rings (SSSR count). The lowest BCUT2D eigenvalue weighted by molar-refractivity contribution is 0.508. The normalized spacial score (nSPS) is 18.8. The van der Waals surface area contributed by atoms with Crippen molar-refractivity contribution in [3.8, 4) is 11.1 Å². The van der Waals surface area contributed by atoms with E-state index in [-0.39, 0.29) is 17.8 Å². The van der Waals surface area contributed by atoms with E-state index >= 15 is 4.39 Å². The molecule has 2 aromatic rings. The third kappa shape index (κ3) is 2.09. The molecule has 0 aliphatic carbocycles. The minimum Gasteiger partial charge on any atom is -0.306 e. The smallest absolute Gasteiger partial charge is 0.145 e. The van der Waals surface area contributed by atoms with Gasteiger partial charge in [0, 0.05) is 22.9 Å². The first-order valence-electron chi connectivity index (χ1n) is 8.15. The second kappa shape index (κ2) is 5.54. The fourth-order valence-corrected chi connectivity index (χ4v) is 3.66. The van der Waals surface area contributed by atoms with E-state index in [2.05, 4.69) is 15.5 Å². The number of hydrazone groups is 1. The zero-order valence-corrected chi connectivity index (χ0v) is 13.6. The van der Waals surface area contributed by atoms with Crippen LogP contribution in [0.15, 0.2) is 29.6 Å². The molecule has 0 saturated heterocycles. The Bertz CT molecular complexity index is 847. The fraction of sp³-hybridized carbons (Fsp3) is 0.333. The number of amidine groups is 1. The molecule has 1 aromatic heterocycles. The van der Waals surface area contributed by atoms with Crippen molar-refractivity contribution in [1.82, 2.24) is 10.4 Å². The number of nitrogens with zero attached hydrogens (tertiary/aromatic N) is 3. The molecule has 2 aliphatic rings. The molecule has 4 nitrogen and oxygen atoms in total. The maximum Gasteiger partial charge on any atom is 0.145 e. The number of benzene rings is 1. The monoisotopic (exact) mass is 328 g/mol. The predicted molar refractivity (Wildman–Crippen MR) is 89.8 cm³/mol. The van der Waals surface area contributed by atoms with Crippen molar-refractivity contribution in [2.75, 3.05) is 4.90 Å². The number of fused-ring (bicyclic) bond motifs is 3. The van der Waals surface area contributed by atoms with Crippen LogP contribution < -0.4 is 10.3 Å². The first kappa shape index (κ1) is 15.1. The van der Waals surface area contributed by atoms with Crippen LogP contribution in [0.5, 0.6) is 0 Å². The van der Waals surface area contributed by atoms with Gasteiger partial charge in [-0.15, -0.1) is 0 Å². The summed E-state index contributed by atoms with van der Waals surface area (Å²) in [6, 6.07) is 3.62. The highest BCUT2D eigenvalue weighted by molar-refractivity contribution is 5.99. The first-order chi connectivity index (χ1) is 11.6. The number of hydrogen-bond acceptors (Lipinski definition) is 4. The van der Waals surface area contributed by atoms with Crippen LogP contribution in [0.2, 0.25) is 0 Å². The Kier molecular flexibility index (Phi) is 3.48. The van der Waals surface area contributed by atoms with E-state index < -0.39 is 0 Å². The van der Waals surface area contributed by atoms with Gasteiger partial charge in [0.15, 0.2) is 0 Å². The topological polar surface area (TPSA) is 40.5 Å². The van der Waals surface area contributed by atoms with Crippen molar-refractivity contribution in [3.63, 3.8) is 0 Å². The van der Waals surface area contributed by atoms with Gasteiger partial charge in [-0.2, -0.15) is 5.10 Å². The zero-order valence-electron chi connectivity index (χ0n) is 13.6. The maximum absolute atomic E-state index is 15.2. The molecule has 1 N–H and O–H groups in total. The van der Waals surface area contributed by atoms with E-state index in [1.807, 2.05) is 24.8 Å². The highest BCUT2D eigenvalue weighted by atomic mass is 19.1. The Labute approximate surface area is 139 Å². The molecule has 0 amide bonds. The standard InChI is InChI=1S/C18H18F2N4/c1-3-11-14(8-21-9-15(11)19)12-4-6-16-13(18(12)20)5-7-17-23-22-10(2)24(16)17/h4,6,8-9,17,23H,3,5,7H2,1-2H3. The van der Waals surface area contributed by atoms with Crippen molar-refractivity contribution in [1.29, 1.82) is 0 Å². The van der Waals surface area contributed by atoms with Crippen LogP contribution in [0.1, 0.15) is 31.4 Å². The summed E-state index contributed by atoms with van der Waals surface area (Å²) in [6.45, 7) is 3.76. The summed E-state index contributed by atoms with van der Waals surface area (Å²) in [5.74, 6) is 0.154. The van der Waals surface area contributed by atoms with Gasteiger partial charge in [0.25, 0.3) is 0 Å². The lowest BCUT2D eigenvalue weighted by Crippen LogP contribution is -2.43. The molecule has 1 aromatic carbocycles. The highest BCUT2D eigenvalue weighted by Gasteiger charge is 2.34. The summed E-state index contributed by atoms with van der Waals surface area (Å²) >= 11 is 0. The van der Waals surface area contributed by atoms with Crippen LogP contribution in [0.4, 0.5) is 14.5 Å². The minimum absolute atomic E-state index is 0.0878. The molecule has 0 saturated carbocycles. The van der Waals surface area contributed by atoms with Gasteiger partial charge in [-0.05, 0) is 43.9 Å². The summed E-state index contributed by atoms with van der Waals surface area (Å²) in [4.78, 5) is 5.93. The van der Waals surface area contributed by atoms with Crippen molar-refractivity contribution in [2.45, 2.75) is 39.3 Å². The van der Waals surface area contributed by atoms with E-state index in [0.717, 1.165) is 17.9 Å². The zero-order chi connectivity index (χ0) is 16.8. The van der Waals surface area contributed by atoms with Crippen molar-refractivity contribution in [3.05, 3.63) is 47.3 Å².